The lowest BCUT2D eigenvalue weighted by molar-refractivity contribution is -0.124. The molecule has 2 aromatic carbocycles. The lowest BCUT2D eigenvalue weighted by Gasteiger charge is -2.35. The van der Waals surface area contributed by atoms with Gasteiger partial charge in [0.2, 0.25) is 5.91 Å². The Hall–Kier alpha value is -2.70. The Morgan fingerprint density at radius 1 is 1.16 bits per heavy atom. The summed E-state index contributed by atoms with van der Waals surface area (Å²) in [5.41, 5.74) is 3.89. The van der Waals surface area contributed by atoms with E-state index in [-0.39, 0.29) is 17.9 Å². The molecular weight excluding hydrogens is 418 g/mol. The molecule has 0 saturated carbocycles. The van der Waals surface area contributed by atoms with Crippen molar-refractivity contribution in [3.05, 3.63) is 76.8 Å². The lowest BCUT2D eigenvalue weighted by Crippen LogP contribution is -2.37. The smallest absolute Gasteiger partial charge is 0.232 e. The minimum atomic E-state index is -0.700. The first kappa shape index (κ1) is 22.5. The molecule has 32 heavy (non-hydrogen) atoms. The number of nitrogens with zero attached hydrogens (tertiary/aromatic N) is 2. The second-order valence-electron chi connectivity index (χ2n) is 9.11. The van der Waals surface area contributed by atoms with E-state index in [0.717, 1.165) is 42.7 Å². The molecule has 5 nitrogen and oxygen atoms in total. The Labute approximate surface area is 194 Å². The molecule has 4 rings (SSSR count). The number of anilines is 2. The highest BCUT2D eigenvalue weighted by Gasteiger charge is 2.39. The van der Waals surface area contributed by atoms with Crippen molar-refractivity contribution >= 4 is 28.1 Å². The van der Waals surface area contributed by atoms with Crippen molar-refractivity contribution in [1.29, 1.82) is 0 Å². The maximum atomic E-state index is 13.4. The fourth-order valence-corrected chi connectivity index (χ4v) is 5.10. The van der Waals surface area contributed by atoms with E-state index in [2.05, 4.69) is 58.5 Å². The number of rotatable bonds is 6. The van der Waals surface area contributed by atoms with Gasteiger partial charge in [0.25, 0.3) is 0 Å². The highest BCUT2D eigenvalue weighted by atomic mass is 32.1. The molecule has 1 amide bonds. The van der Waals surface area contributed by atoms with Crippen LogP contribution in [0.5, 0.6) is 0 Å². The fourth-order valence-electron chi connectivity index (χ4n) is 4.57. The summed E-state index contributed by atoms with van der Waals surface area (Å²) in [4.78, 5) is 19.9. The van der Waals surface area contributed by atoms with Gasteiger partial charge in [0, 0.05) is 36.3 Å². The van der Waals surface area contributed by atoms with Gasteiger partial charge in [-0.1, -0.05) is 50.2 Å². The summed E-state index contributed by atoms with van der Waals surface area (Å²) >= 11 is 1.43. The second kappa shape index (κ2) is 9.43. The third-order valence-corrected chi connectivity index (χ3v) is 7.20. The zero-order valence-electron chi connectivity index (χ0n) is 18.9. The van der Waals surface area contributed by atoms with Crippen LogP contribution in [0.3, 0.4) is 0 Å². The maximum absolute atomic E-state index is 13.4. The molecule has 1 aliphatic heterocycles. The number of benzene rings is 2. The third kappa shape index (κ3) is 4.71. The Kier molecular flexibility index (Phi) is 6.63. The molecule has 1 unspecified atom stereocenters. The van der Waals surface area contributed by atoms with Crippen molar-refractivity contribution in [3.8, 4) is 0 Å². The van der Waals surface area contributed by atoms with Crippen molar-refractivity contribution in [2.24, 2.45) is 5.41 Å². The number of aromatic nitrogens is 1. The summed E-state index contributed by atoms with van der Waals surface area (Å²) < 4.78 is 0. The normalized spacial score (nSPS) is 16.1. The summed E-state index contributed by atoms with van der Waals surface area (Å²) in [6.07, 6.45) is 3.12. The minimum Gasteiger partial charge on any atom is -0.393 e. The molecule has 1 aromatic heterocycles. The molecule has 3 aromatic rings. The van der Waals surface area contributed by atoms with Gasteiger partial charge in [0.15, 0.2) is 5.13 Å². The fraction of sp³-hybridized carbons (Fsp3) is 0.385. The van der Waals surface area contributed by atoms with Gasteiger partial charge in [-0.3, -0.25) is 4.79 Å². The molecule has 0 bridgehead atoms. The number of carbonyl (C=O) groups is 1. The molecule has 0 radical (unpaired) electrons. The number of aryl methyl sites for hydroxylation is 1. The molecular formula is C26H31N3O2S. The molecule has 0 aliphatic carbocycles. The number of hydrogen-bond donors (Lipinski definition) is 2. The van der Waals surface area contributed by atoms with Gasteiger partial charge in [-0.25, -0.2) is 4.98 Å². The average Bonchev–Trinajstić information content (AvgIpc) is 3.29. The molecule has 1 aliphatic rings. The zero-order chi connectivity index (χ0) is 22.7. The van der Waals surface area contributed by atoms with Gasteiger partial charge in [-0.2, -0.15) is 0 Å². The van der Waals surface area contributed by atoms with Crippen LogP contribution in [0.2, 0.25) is 0 Å². The molecule has 2 N–H and O–H groups in total. The van der Waals surface area contributed by atoms with E-state index in [9.17, 15) is 9.90 Å². The van der Waals surface area contributed by atoms with E-state index >= 15 is 0 Å². The second-order valence-corrected chi connectivity index (χ2v) is 10.0. The van der Waals surface area contributed by atoms with E-state index in [1.165, 1.54) is 16.9 Å². The van der Waals surface area contributed by atoms with E-state index in [1.54, 1.807) is 6.20 Å². The van der Waals surface area contributed by atoms with Gasteiger partial charge in [-0.05, 0) is 48.6 Å². The Morgan fingerprint density at radius 3 is 2.47 bits per heavy atom. The lowest BCUT2D eigenvalue weighted by atomic mass is 9.69. The number of aliphatic hydroxyl groups is 1. The van der Waals surface area contributed by atoms with E-state index in [1.807, 2.05) is 31.4 Å². The van der Waals surface area contributed by atoms with Crippen molar-refractivity contribution in [2.45, 2.75) is 45.6 Å². The van der Waals surface area contributed by atoms with Crippen LogP contribution in [0.1, 0.15) is 49.3 Å². The van der Waals surface area contributed by atoms with Crippen LogP contribution >= 0.6 is 11.3 Å². The van der Waals surface area contributed by atoms with Gasteiger partial charge in [0.1, 0.15) is 0 Å². The number of nitrogens with one attached hydrogen (secondary N) is 1. The summed E-state index contributed by atoms with van der Waals surface area (Å²) in [6.45, 7) is 7.84. The third-order valence-electron chi connectivity index (χ3n) is 6.52. The van der Waals surface area contributed by atoms with Gasteiger partial charge in [-0.15, -0.1) is 11.3 Å². The number of piperidine rings is 1. The summed E-state index contributed by atoms with van der Waals surface area (Å²) in [7, 11) is 0. The first-order chi connectivity index (χ1) is 15.4. The Balaban J connectivity index is 1.67. The van der Waals surface area contributed by atoms with Gasteiger partial charge < -0.3 is 15.3 Å². The number of hydrogen-bond acceptors (Lipinski definition) is 5. The molecule has 1 atom stereocenters. The van der Waals surface area contributed by atoms with E-state index in [0.29, 0.717) is 5.13 Å². The summed E-state index contributed by atoms with van der Waals surface area (Å²) in [5.74, 6) is -0.157. The van der Waals surface area contributed by atoms with Crippen LogP contribution in [-0.4, -0.2) is 35.2 Å². The largest absolute Gasteiger partial charge is 0.393 e. The number of carbonyl (C=O) groups excluding carboxylic acids is 1. The number of thiazole rings is 1. The van der Waals surface area contributed by atoms with Crippen LogP contribution in [0.4, 0.5) is 10.8 Å². The van der Waals surface area contributed by atoms with Crippen molar-refractivity contribution in [1.82, 2.24) is 4.98 Å². The predicted octanol–water partition coefficient (Wildman–Crippen LogP) is 5.21. The van der Waals surface area contributed by atoms with Crippen LogP contribution in [-0.2, 0) is 4.79 Å². The van der Waals surface area contributed by atoms with E-state index < -0.39 is 5.41 Å². The van der Waals surface area contributed by atoms with Crippen LogP contribution in [0.15, 0.2) is 60.1 Å². The first-order valence-corrected chi connectivity index (χ1v) is 12.0. The molecule has 2 heterocycles. The van der Waals surface area contributed by atoms with Gasteiger partial charge in [0.05, 0.1) is 11.5 Å². The van der Waals surface area contributed by atoms with Crippen molar-refractivity contribution in [2.75, 3.05) is 23.3 Å². The monoisotopic (exact) mass is 449 g/mol. The van der Waals surface area contributed by atoms with Crippen molar-refractivity contribution in [3.63, 3.8) is 0 Å². The maximum Gasteiger partial charge on any atom is 0.232 e. The van der Waals surface area contributed by atoms with E-state index in [4.69, 9.17) is 0 Å². The summed E-state index contributed by atoms with van der Waals surface area (Å²) in [5, 5.41) is 15.3. The molecule has 0 spiro atoms. The van der Waals surface area contributed by atoms with Gasteiger partial charge >= 0.3 is 0 Å². The number of aliphatic hydroxyl groups excluding tert-OH is 1. The predicted molar refractivity (Wildman–Crippen MR) is 131 cm³/mol. The Morgan fingerprint density at radius 2 is 1.84 bits per heavy atom. The highest BCUT2D eigenvalue weighted by Crippen LogP contribution is 2.43. The van der Waals surface area contributed by atoms with Crippen LogP contribution < -0.4 is 10.2 Å². The molecule has 1 fully saturated rings. The van der Waals surface area contributed by atoms with Crippen molar-refractivity contribution < 1.29 is 9.90 Å². The Bertz CT molecular complexity index is 1040. The zero-order valence-corrected chi connectivity index (χ0v) is 19.7. The average molecular weight is 450 g/mol. The molecule has 168 valence electrons. The molecule has 6 heteroatoms. The van der Waals surface area contributed by atoms with Crippen LogP contribution in [0.25, 0.3) is 0 Å². The molecule has 1 saturated heterocycles. The highest BCUT2D eigenvalue weighted by molar-refractivity contribution is 7.13. The number of amides is 1. The SMILES string of the molecule is Cc1ccccc1C(c1ccc(N2CCC(O)CC2)cc1)C(C)(C)C(=O)Nc1nccs1. The first-order valence-electron chi connectivity index (χ1n) is 11.2. The standard InChI is InChI=1S/C26H31N3O2S/c1-18-6-4-5-7-22(18)23(26(2,3)24(31)28-25-27-14-17-32-25)19-8-10-20(11-9-19)29-15-12-21(30)13-16-29/h4-11,14,17,21,23,30H,12-13,15-16H2,1-3H3,(H,27,28,31). The topological polar surface area (TPSA) is 65.5 Å². The van der Waals surface area contributed by atoms with Crippen LogP contribution in [0, 0.1) is 12.3 Å². The minimum absolute atomic E-state index is 0.0465. The quantitative estimate of drug-likeness (QED) is 0.542. The summed E-state index contributed by atoms with van der Waals surface area (Å²) in [6, 6.07) is 16.9.